The summed E-state index contributed by atoms with van der Waals surface area (Å²) in [5.41, 5.74) is 1.88. The molecule has 2 aromatic carbocycles. The van der Waals surface area contributed by atoms with Crippen LogP contribution in [0.3, 0.4) is 0 Å². The minimum atomic E-state index is -0.481. The highest BCUT2D eigenvalue weighted by atomic mass is 16.2. The zero-order chi connectivity index (χ0) is 14.8. The molecule has 0 atom stereocenters. The predicted octanol–water partition coefficient (Wildman–Crippen LogP) is 1.75. The van der Waals surface area contributed by atoms with Crippen molar-refractivity contribution in [2.24, 2.45) is 0 Å². The molecule has 104 valence electrons. The van der Waals surface area contributed by atoms with Gasteiger partial charge in [-0.05, 0) is 23.8 Å². The maximum absolute atomic E-state index is 12.2. The molecule has 0 unspecified atom stereocenters. The van der Waals surface area contributed by atoms with Gasteiger partial charge < -0.3 is 5.32 Å². The van der Waals surface area contributed by atoms with E-state index in [1.807, 2.05) is 6.07 Å². The molecule has 0 saturated carbocycles. The van der Waals surface area contributed by atoms with Crippen LogP contribution in [-0.4, -0.2) is 17.7 Å². The molecule has 3 amide bonds. The van der Waals surface area contributed by atoms with Crippen LogP contribution < -0.4 is 10.6 Å². The Morgan fingerprint density at radius 1 is 1.00 bits per heavy atom. The Morgan fingerprint density at radius 2 is 1.76 bits per heavy atom. The molecule has 1 aliphatic rings. The molecule has 0 spiro atoms. The molecule has 0 saturated heterocycles. The summed E-state index contributed by atoms with van der Waals surface area (Å²) < 4.78 is 0. The maximum Gasteiger partial charge on any atom is 0.260 e. The lowest BCUT2D eigenvalue weighted by atomic mass is 9.98. The second kappa shape index (κ2) is 5.20. The van der Waals surface area contributed by atoms with Crippen LogP contribution in [0.5, 0.6) is 0 Å². The van der Waals surface area contributed by atoms with Crippen LogP contribution in [-0.2, 0) is 11.2 Å². The number of carbonyl (C=O) groups is 3. The van der Waals surface area contributed by atoms with Gasteiger partial charge in [-0.3, -0.25) is 19.7 Å². The van der Waals surface area contributed by atoms with E-state index in [-0.39, 0.29) is 18.2 Å². The fraction of sp³-hybridized carbons (Fsp3) is 0.0625. The summed E-state index contributed by atoms with van der Waals surface area (Å²) in [6, 6.07) is 13.8. The van der Waals surface area contributed by atoms with E-state index in [9.17, 15) is 14.4 Å². The monoisotopic (exact) mass is 280 g/mol. The summed E-state index contributed by atoms with van der Waals surface area (Å²) >= 11 is 0. The summed E-state index contributed by atoms with van der Waals surface area (Å²) in [6.07, 6.45) is 0.135. The smallest absolute Gasteiger partial charge is 0.260 e. The van der Waals surface area contributed by atoms with E-state index in [2.05, 4.69) is 10.6 Å². The number of fused-ring (bicyclic) bond motifs is 1. The first-order chi connectivity index (χ1) is 10.1. The fourth-order valence-electron chi connectivity index (χ4n) is 2.31. The van der Waals surface area contributed by atoms with Gasteiger partial charge in [-0.1, -0.05) is 30.3 Å². The number of hydrogen-bond donors (Lipinski definition) is 2. The second-order valence-corrected chi connectivity index (χ2v) is 4.71. The summed E-state index contributed by atoms with van der Waals surface area (Å²) in [5, 5.41) is 4.98. The van der Waals surface area contributed by atoms with Crippen LogP contribution in [0, 0.1) is 0 Å². The first-order valence-electron chi connectivity index (χ1n) is 6.47. The van der Waals surface area contributed by atoms with Gasteiger partial charge in [-0.15, -0.1) is 0 Å². The topological polar surface area (TPSA) is 75.3 Å². The number of hydrogen-bond acceptors (Lipinski definition) is 3. The number of imide groups is 1. The standard InChI is InChI=1S/C16H12N2O3/c19-13-9-11-7-4-8-12(14(11)16(21)18-13)17-15(20)10-5-2-1-3-6-10/h1-8H,9H2,(H,17,20)(H,18,19,21). The minimum Gasteiger partial charge on any atom is -0.321 e. The zero-order valence-corrected chi connectivity index (χ0v) is 11.1. The SMILES string of the molecule is O=C1Cc2cccc(NC(=O)c3ccccc3)c2C(=O)N1. The van der Waals surface area contributed by atoms with E-state index >= 15 is 0 Å². The summed E-state index contributed by atoms with van der Waals surface area (Å²) in [7, 11) is 0. The lowest BCUT2D eigenvalue weighted by Gasteiger charge is -2.18. The van der Waals surface area contributed by atoms with Crippen molar-refractivity contribution in [1.82, 2.24) is 5.32 Å². The van der Waals surface area contributed by atoms with Gasteiger partial charge in [0.1, 0.15) is 0 Å². The quantitative estimate of drug-likeness (QED) is 0.823. The molecule has 1 aliphatic heterocycles. The average Bonchev–Trinajstić information content (AvgIpc) is 2.47. The van der Waals surface area contributed by atoms with Crippen molar-refractivity contribution < 1.29 is 14.4 Å². The molecule has 2 aromatic rings. The van der Waals surface area contributed by atoms with E-state index in [1.165, 1.54) is 0 Å². The molecule has 21 heavy (non-hydrogen) atoms. The van der Waals surface area contributed by atoms with Gasteiger partial charge in [-0.25, -0.2) is 0 Å². The van der Waals surface area contributed by atoms with E-state index in [0.29, 0.717) is 22.4 Å². The van der Waals surface area contributed by atoms with Crippen LogP contribution in [0.1, 0.15) is 26.3 Å². The van der Waals surface area contributed by atoms with E-state index in [1.54, 1.807) is 42.5 Å². The lowest BCUT2D eigenvalue weighted by Crippen LogP contribution is -2.38. The Hall–Kier alpha value is -2.95. The molecule has 0 bridgehead atoms. The number of carbonyl (C=O) groups excluding carboxylic acids is 3. The number of amides is 3. The third-order valence-electron chi connectivity index (χ3n) is 3.27. The number of benzene rings is 2. The third-order valence-corrected chi connectivity index (χ3v) is 3.27. The number of anilines is 1. The van der Waals surface area contributed by atoms with Crippen LogP contribution in [0.2, 0.25) is 0 Å². The van der Waals surface area contributed by atoms with Gasteiger partial charge in [0, 0.05) is 5.56 Å². The fourth-order valence-corrected chi connectivity index (χ4v) is 2.31. The minimum absolute atomic E-state index is 0.135. The highest BCUT2D eigenvalue weighted by Gasteiger charge is 2.25. The Labute approximate surface area is 121 Å². The van der Waals surface area contributed by atoms with Gasteiger partial charge in [0.15, 0.2) is 0 Å². The molecule has 0 aromatic heterocycles. The molecular formula is C16H12N2O3. The number of nitrogens with one attached hydrogen (secondary N) is 2. The van der Waals surface area contributed by atoms with Crippen molar-refractivity contribution in [3.05, 3.63) is 65.2 Å². The van der Waals surface area contributed by atoms with Gasteiger partial charge in [0.25, 0.3) is 11.8 Å². The molecule has 0 radical (unpaired) electrons. The van der Waals surface area contributed by atoms with Crippen molar-refractivity contribution in [2.75, 3.05) is 5.32 Å². The Kier molecular flexibility index (Phi) is 3.23. The van der Waals surface area contributed by atoms with E-state index in [4.69, 9.17) is 0 Å². The summed E-state index contributed by atoms with van der Waals surface area (Å²) in [5.74, 6) is -1.11. The molecule has 2 N–H and O–H groups in total. The molecule has 5 heteroatoms. The largest absolute Gasteiger partial charge is 0.321 e. The maximum atomic E-state index is 12.2. The number of rotatable bonds is 2. The predicted molar refractivity (Wildman–Crippen MR) is 77.0 cm³/mol. The van der Waals surface area contributed by atoms with Crippen molar-refractivity contribution in [2.45, 2.75) is 6.42 Å². The summed E-state index contributed by atoms with van der Waals surface area (Å²) in [6.45, 7) is 0. The van der Waals surface area contributed by atoms with Gasteiger partial charge in [-0.2, -0.15) is 0 Å². The van der Waals surface area contributed by atoms with Crippen molar-refractivity contribution in [1.29, 1.82) is 0 Å². The molecule has 5 nitrogen and oxygen atoms in total. The third kappa shape index (κ3) is 2.53. The first-order valence-corrected chi connectivity index (χ1v) is 6.47. The Bertz CT molecular complexity index is 738. The molecule has 3 rings (SSSR count). The van der Waals surface area contributed by atoms with Crippen molar-refractivity contribution >= 4 is 23.4 Å². The highest BCUT2D eigenvalue weighted by molar-refractivity contribution is 6.15. The molecular weight excluding hydrogens is 268 g/mol. The normalized spacial score (nSPS) is 13.3. The molecule has 1 heterocycles. The Balaban J connectivity index is 1.94. The van der Waals surface area contributed by atoms with Crippen LogP contribution in [0.25, 0.3) is 0 Å². The second-order valence-electron chi connectivity index (χ2n) is 4.71. The first kappa shape index (κ1) is 13.1. The van der Waals surface area contributed by atoms with Crippen molar-refractivity contribution in [3.8, 4) is 0 Å². The van der Waals surface area contributed by atoms with Crippen molar-refractivity contribution in [3.63, 3.8) is 0 Å². The highest BCUT2D eigenvalue weighted by Crippen LogP contribution is 2.23. The van der Waals surface area contributed by atoms with Crippen LogP contribution in [0.15, 0.2) is 48.5 Å². The van der Waals surface area contributed by atoms with Gasteiger partial charge in [0.05, 0.1) is 17.7 Å². The van der Waals surface area contributed by atoms with Gasteiger partial charge >= 0.3 is 0 Å². The molecule has 0 fully saturated rings. The molecule has 0 aliphatic carbocycles. The van der Waals surface area contributed by atoms with Crippen LogP contribution >= 0.6 is 0 Å². The average molecular weight is 280 g/mol. The Morgan fingerprint density at radius 3 is 2.52 bits per heavy atom. The zero-order valence-electron chi connectivity index (χ0n) is 11.1. The van der Waals surface area contributed by atoms with Gasteiger partial charge in [0.2, 0.25) is 5.91 Å². The lowest BCUT2D eigenvalue weighted by molar-refractivity contribution is -0.119. The van der Waals surface area contributed by atoms with E-state index in [0.717, 1.165) is 0 Å². The summed E-state index contributed by atoms with van der Waals surface area (Å²) in [4.78, 5) is 35.5. The van der Waals surface area contributed by atoms with Crippen LogP contribution in [0.4, 0.5) is 5.69 Å². The van der Waals surface area contributed by atoms with E-state index < -0.39 is 5.91 Å².